The highest BCUT2D eigenvalue weighted by Crippen LogP contribution is 2.29. The number of amides is 2. The third kappa shape index (κ3) is 4.99. The largest absolute Gasteiger partial charge is 0.493 e. The SMILES string of the molecule is CNC(=O)c1ccc(O[C@@H](C)C(=O)N2CCNC[C@H]2C)c(OC)c1.Cl. The highest BCUT2D eigenvalue weighted by molar-refractivity contribution is 5.94. The molecule has 2 atom stereocenters. The lowest BCUT2D eigenvalue weighted by Gasteiger charge is -2.35. The van der Waals surface area contributed by atoms with Crippen molar-refractivity contribution in [3.05, 3.63) is 23.8 Å². The first-order valence-electron chi connectivity index (χ1n) is 8.06. The van der Waals surface area contributed by atoms with E-state index < -0.39 is 6.10 Å². The summed E-state index contributed by atoms with van der Waals surface area (Å²) in [5.74, 6) is 0.595. The third-order valence-corrected chi connectivity index (χ3v) is 4.09. The zero-order valence-electron chi connectivity index (χ0n) is 15.0. The lowest BCUT2D eigenvalue weighted by molar-refractivity contribution is -0.140. The summed E-state index contributed by atoms with van der Waals surface area (Å²) < 4.78 is 11.1. The maximum absolute atomic E-state index is 12.6. The van der Waals surface area contributed by atoms with Crippen LogP contribution < -0.4 is 20.1 Å². The van der Waals surface area contributed by atoms with Gasteiger partial charge < -0.3 is 25.0 Å². The number of piperazine rings is 1. The molecule has 1 saturated heterocycles. The molecule has 1 aromatic carbocycles. The number of ether oxygens (including phenoxy) is 2. The second-order valence-corrected chi connectivity index (χ2v) is 5.79. The van der Waals surface area contributed by atoms with Crippen LogP contribution in [0, 0.1) is 0 Å². The fourth-order valence-corrected chi connectivity index (χ4v) is 2.69. The van der Waals surface area contributed by atoms with Crippen LogP contribution in [-0.2, 0) is 4.79 Å². The van der Waals surface area contributed by atoms with Crippen molar-refractivity contribution in [2.24, 2.45) is 0 Å². The standard InChI is InChI=1S/C17H25N3O4.ClH/c1-11-10-19-7-8-20(11)17(22)12(2)24-14-6-5-13(16(21)18-3)9-15(14)23-4;/h5-6,9,11-12,19H,7-8,10H2,1-4H3,(H,18,21);1H/t11-,12+;/m1./s1. The first-order valence-corrected chi connectivity index (χ1v) is 8.06. The van der Waals surface area contributed by atoms with Gasteiger partial charge in [0.15, 0.2) is 17.6 Å². The number of methoxy groups -OCH3 is 1. The van der Waals surface area contributed by atoms with Gasteiger partial charge in [0.2, 0.25) is 0 Å². The van der Waals surface area contributed by atoms with Crippen LogP contribution in [0.25, 0.3) is 0 Å². The molecular formula is C17H26ClN3O4. The quantitative estimate of drug-likeness (QED) is 0.809. The molecule has 140 valence electrons. The summed E-state index contributed by atoms with van der Waals surface area (Å²) in [6, 6.07) is 5.02. The monoisotopic (exact) mass is 371 g/mol. The molecule has 7 nitrogen and oxygen atoms in total. The molecule has 2 rings (SSSR count). The Labute approximate surface area is 154 Å². The van der Waals surface area contributed by atoms with E-state index in [-0.39, 0.29) is 30.3 Å². The Bertz CT molecular complexity index is 612. The van der Waals surface area contributed by atoms with Crippen LogP contribution in [0.4, 0.5) is 0 Å². The summed E-state index contributed by atoms with van der Waals surface area (Å²) in [6.07, 6.45) is -0.634. The molecule has 0 aliphatic carbocycles. The van der Waals surface area contributed by atoms with E-state index >= 15 is 0 Å². The second-order valence-electron chi connectivity index (χ2n) is 5.79. The van der Waals surface area contributed by atoms with Gasteiger partial charge in [-0.25, -0.2) is 0 Å². The minimum atomic E-state index is -0.634. The number of hydrogen-bond acceptors (Lipinski definition) is 5. The normalized spacial score (nSPS) is 17.9. The average Bonchev–Trinajstić information content (AvgIpc) is 2.61. The van der Waals surface area contributed by atoms with Crippen LogP contribution in [0.2, 0.25) is 0 Å². The van der Waals surface area contributed by atoms with Gasteiger partial charge in [0.25, 0.3) is 11.8 Å². The number of carbonyl (C=O) groups is 2. The van der Waals surface area contributed by atoms with Crippen LogP contribution in [0.3, 0.4) is 0 Å². The Balaban J connectivity index is 0.00000312. The Morgan fingerprint density at radius 2 is 2.08 bits per heavy atom. The average molecular weight is 372 g/mol. The number of benzene rings is 1. The Morgan fingerprint density at radius 1 is 1.36 bits per heavy atom. The summed E-state index contributed by atoms with van der Waals surface area (Å²) in [4.78, 5) is 26.1. The molecule has 0 bridgehead atoms. The van der Waals surface area contributed by atoms with Crippen LogP contribution in [0.5, 0.6) is 11.5 Å². The Morgan fingerprint density at radius 3 is 2.68 bits per heavy atom. The smallest absolute Gasteiger partial charge is 0.263 e. The van der Waals surface area contributed by atoms with Gasteiger partial charge in [-0.3, -0.25) is 9.59 Å². The van der Waals surface area contributed by atoms with Gasteiger partial charge in [-0.15, -0.1) is 12.4 Å². The molecule has 0 saturated carbocycles. The Hall–Kier alpha value is -1.99. The molecule has 2 amide bonds. The lowest BCUT2D eigenvalue weighted by Crippen LogP contribution is -2.55. The van der Waals surface area contributed by atoms with E-state index in [0.717, 1.165) is 13.1 Å². The molecule has 25 heavy (non-hydrogen) atoms. The van der Waals surface area contributed by atoms with E-state index in [1.54, 1.807) is 32.2 Å². The molecule has 1 aliphatic heterocycles. The Kier molecular flexibility index (Phi) is 7.99. The number of nitrogens with one attached hydrogen (secondary N) is 2. The zero-order valence-corrected chi connectivity index (χ0v) is 15.8. The molecule has 1 aromatic rings. The minimum Gasteiger partial charge on any atom is -0.493 e. The highest BCUT2D eigenvalue weighted by Gasteiger charge is 2.28. The third-order valence-electron chi connectivity index (χ3n) is 4.09. The van der Waals surface area contributed by atoms with Crippen molar-refractivity contribution in [3.63, 3.8) is 0 Å². The second kappa shape index (κ2) is 9.48. The van der Waals surface area contributed by atoms with Gasteiger partial charge in [0, 0.05) is 38.3 Å². The van der Waals surface area contributed by atoms with Gasteiger partial charge in [-0.1, -0.05) is 0 Å². The van der Waals surface area contributed by atoms with Crippen molar-refractivity contribution in [2.75, 3.05) is 33.8 Å². The van der Waals surface area contributed by atoms with E-state index in [9.17, 15) is 9.59 Å². The van der Waals surface area contributed by atoms with Crippen LogP contribution in [-0.4, -0.2) is 62.7 Å². The fourth-order valence-electron chi connectivity index (χ4n) is 2.69. The first kappa shape index (κ1) is 21.1. The van der Waals surface area contributed by atoms with Gasteiger partial charge in [0.1, 0.15) is 0 Å². The topological polar surface area (TPSA) is 79.9 Å². The van der Waals surface area contributed by atoms with Crippen molar-refractivity contribution in [1.29, 1.82) is 0 Å². The molecule has 8 heteroatoms. The van der Waals surface area contributed by atoms with Crippen LogP contribution in [0.15, 0.2) is 18.2 Å². The summed E-state index contributed by atoms with van der Waals surface area (Å²) >= 11 is 0. The maximum Gasteiger partial charge on any atom is 0.263 e. The highest BCUT2D eigenvalue weighted by atomic mass is 35.5. The summed E-state index contributed by atoms with van der Waals surface area (Å²) in [5.41, 5.74) is 0.469. The van der Waals surface area contributed by atoms with Crippen molar-refractivity contribution in [1.82, 2.24) is 15.5 Å². The summed E-state index contributed by atoms with van der Waals surface area (Å²) in [6.45, 7) is 5.97. The van der Waals surface area contributed by atoms with Gasteiger partial charge in [0.05, 0.1) is 7.11 Å². The fraction of sp³-hybridized carbons (Fsp3) is 0.529. The van der Waals surface area contributed by atoms with Crippen LogP contribution >= 0.6 is 12.4 Å². The molecule has 0 aromatic heterocycles. The van der Waals surface area contributed by atoms with E-state index in [1.807, 2.05) is 11.8 Å². The first-order chi connectivity index (χ1) is 11.5. The number of rotatable bonds is 5. The van der Waals surface area contributed by atoms with E-state index in [4.69, 9.17) is 9.47 Å². The number of halogens is 1. The molecule has 0 unspecified atom stereocenters. The number of carbonyl (C=O) groups excluding carboxylic acids is 2. The minimum absolute atomic E-state index is 0. The van der Waals surface area contributed by atoms with E-state index in [2.05, 4.69) is 10.6 Å². The predicted molar refractivity (Wildman–Crippen MR) is 97.8 cm³/mol. The summed E-state index contributed by atoms with van der Waals surface area (Å²) in [5, 5.41) is 5.81. The summed E-state index contributed by atoms with van der Waals surface area (Å²) in [7, 11) is 3.06. The molecule has 0 spiro atoms. The molecule has 1 aliphatic rings. The van der Waals surface area contributed by atoms with Crippen LogP contribution in [0.1, 0.15) is 24.2 Å². The number of nitrogens with zero attached hydrogens (tertiary/aromatic N) is 1. The van der Waals surface area contributed by atoms with E-state index in [0.29, 0.717) is 23.6 Å². The van der Waals surface area contributed by atoms with Crippen molar-refractivity contribution in [2.45, 2.75) is 26.0 Å². The van der Waals surface area contributed by atoms with Crippen molar-refractivity contribution >= 4 is 24.2 Å². The molecule has 2 N–H and O–H groups in total. The van der Waals surface area contributed by atoms with Gasteiger partial charge in [-0.05, 0) is 32.0 Å². The molecule has 0 radical (unpaired) electrons. The predicted octanol–water partition coefficient (Wildman–Crippen LogP) is 1.06. The molecular weight excluding hydrogens is 346 g/mol. The zero-order chi connectivity index (χ0) is 17.7. The van der Waals surface area contributed by atoms with Crippen molar-refractivity contribution < 1.29 is 19.1 Å². The maximum atomic E-state index is 12.6. The van der Waals surface area contributed by atoms with Gasteiger partial charge in [-0.2, -0.15) is 0 Å². The van der Waals surface area contributed by atoms with Crippen molar-refractivity contribution in [3.8, 4) is 11.5 Å². The lowest BCUT2D eigenvalue weighted by atomic mass is 10.1. The van der Waals surface area contributed by atoms with Gasteiger partial charge >= 0.3 is 0 Å². The molecule has 1 fully saturated rings. The van der Waals surface area contributed by atoms with E-state index in [1.165, 1.54) is 7.11 Å². The molecule has 1 heterocycles. The number of hydrogen-bond donors (Lipinski definition) is 2.